The van der Waals surface area contributed by atoms with Gasteiger partial charge in [0, 0.05) is 5.56 Å². The fraction of sp³-hybridized carbons (Fsp3) is 0.125. The highest BCUT2D eigenvalue weighted by atomic mass is 16.5. The molecule has 1 unspecified atom stereocenters. The second-order valence-electron chi connectivity index (χ2n) is 6.73. The molecule has 4 rings (SSSR count). The zero-order chi connectivity index (χ0) is 18.1. The first-order valence-electron chi connectivity index (χ1n) is 8.77. The molecule has 2 nitrogen and oxygen atoms in total. The van der Waals surface area contributed by atoms with Crippen molar-refractivity contribution in [1.29, 1.82) is 0 Å². The first-order valence-corrected chi connectivity index (χ1v) is 8.77. The van der Waals surface area contributed by atoms with E-state index in [0.717, 1.165) is 40.0 Å². The number of aryl methyl sites for hydroxylation is 2. The van der Waals surface area contributed by atoms with Gasteiger partial charge in [-0.3, -0.25) is 4.79 Å². The van der Waals surface area contributed by atoms with Crippen molar-refractivity contribution in [3.63, 3.8) is 0 Å². The van der Waals surface area contributed by atoms with Crippen LogP contribution in [-0.2, 0) is 0 Å². The number of benzene rings is 3. The van der Waals surface area contributed by atoms with Crippen molar-refractivity contribution in [3.8, 4) is 5.75 Å². The summed E-state index contributed by atoms with van der Waals surface area (Å²) in [5.74, 6) is 1.64. The minimum atomic E-state index is -0.0764. The summed E-state index contributed by atoms with van der Waals surface area (Å²) in [5, 5.41) is 0. The summed E-state index contributed by atoms with van der Waals surface area (Å²) < 4.78 is 6.38. The second-order valence-corrected chi connectivity index (χ2v) is 6.73. The van der Waals surface area contributed by atoms with Gasteiger partial charge in [0.2, 0.25) is 0 Å². The van der Waals surface area contributed by atoms with E-state index in [1.54, 1.807) is 0 Å². The molecule has 3 aromatic rings. The van der Waals surface area contributed by atoms with Gasteiger partial charge in [0.05, 0.1) is 5.92 Å². The molecule has 0 aliphatic heterocycles. The molecule has 0 radical (unpaired) electrons. The maximum Gasteiger partial charge on any atom is 0.150 e. The minimum Gasteiger partial charge on any atom is -0.460 e. The van der Waals surface area contributed by atoms with Gasteiger partial charge in [-0.05, 0) is 53.8 Å². The molecule has 0 spiro atoms. The molecular weight excluding hydrogens is 320 g/mol. The normalized spacial score (nSPS) is 15.3. The van der Waals surface area contributed by atoms with Crippen LogP contribution in [0.5, 0.6) is 5.75 Å². The topological polar surface area (TPSA) is 26.3 Å². The highest BCUT2D eigenvalue weighted by molar-refractivity contribution is 5.80. The van der Waals surface area contributed by atoms with Crippen LogP contribution in [0.3, 0.4) is 0 Å². The van der Waals surface area contributed by atoms with E-state index in [1.807, 2.05) is 43.3 Å². The van der Waals surface area contributed by atoms with Crippen LogP contribution < -0.4 is 4.74 Å². The molecule has 0 saturated carbocycles. The van der Waals surface area contributed by atoms with Crippen LogP contribution in [0.4, 0.5) is 0 Å². The Labute approximate surface area is 153 Å². The number of carbonyl (C=O) groups excluding carboxylic acids is 1. The highest BCUT2D eigenvalue weighted by Crippen LogP contribution is 2.43. The van der Waals surface area contributed by atoms with Crippen LogP contribution in [0, 0.1) is 13.8 Å². The molecule has 1 atom stereocenters. The zero-order valence-electron chi connectivity index (χ0n) is 14.9. The van der Waals surface area contributed by atoms with E-state index >= 15 is 0 Å². The maximum absolute atomic E-state index is 11.6. The fourth-order valence-electron chi connectivity index (χ4n) is 3.53. The number of carbonyl (C=O) groups is 1. The quantitative estimate of drug-likeness (QED) is 0.571. The molecule has 3 aromatic carbocycles. The van der Waals surface area contributed by atoms with Crippen molar-refractivity contribution in [3.05, 3.63) is 106 Å². The summed E-state index contributed by atoms with van der Waals surface area (Å²) in [6.07, 6.45) is 3.01. The predicted octanol–water partition coefficient (Wildman–Crippen LogP) is 5.68. The molecule has 0 bridgehead atoms. The predicted molar refractivity (Wildman–Crippen MR) is 105 cm³/mol. The maximum atomic E-state index is 11.6. The summed E-state index contributed by atoms with van der Waals surface area (Å²) in [6, 6.07) is 22.2. The summed E-state index contributed by atoms with van der Waals surface area (Å²) in [7, 11) is 0. The van der Waals surface area contributed by atoms with Crippen LogP contribution in [0.1, 0.15) is 44.1 Å². The Bertz CT molecular complexity index is 1010. The minimum absolute atomic E-state index is 0.0764. The van der Waals surface area contributed by atoms with Gasteiger partial charge in [0.15, 0.2) is 0 Å². The van der Waals surface area contributed by atoms with Gasteiger partial charge < -0.3 is 4.74 Å². The van der Waals surface area contributed by atoms with E-state index in [0.29, 0.717) is 5.56 Å². The SMILES string of the molecule is Cc1ccc(C)c(OC2=Cc3ccccc3C2c2ccccc2C=O)c1. The number of ether oxygens (including phenoxy) is 1. The van der Waals surface area contributed by atoms with Gasteiger partial charge in [-0.1, -0.05) is 60.7 Å². The zero-order valence-corrected chi connectivity index (χ0v) is 14.9. The number of allylic oxidation sites excluding steroid dienone is 1. The van der Waals surface area contributed by atoms with Gasteiger partial charge in [-0.25, -0.2) is 0 Å². The number of hydrogen-bond donors (Lipinski definition) is 0. The molecule has 26 heavy (non-hydrogen) atoms. The van der Waals surface area contributed by atoms with E-state index in [9.17, 15) is 4.79 Å². The molecule has 0 N–H and O–H groups in total. The van der Waals surface area contributed by atoms with Gasteiger partial charge in [-0.2, -0.15) is 0 Å². The smallest absolute Gasteiger partial charge is 0.150 e. The van der Waals surface area contributed by atoms with Crippen molar-refractivity contribution in [2.45, 2.75) is 19.8 Å². The summed E-state index contributed by atoms with van der Waals surface area (Å²) >= 11 is 0. The fourth-order valence-corrected chi connectivity index (χ4v) is 3.53. The molecule has 2 heteroatoms. The lowest BCUT2D eigenvalue weighted by molar-refractivity contribution is 0.112. The number of fused-ring (bicyclic) bond motifs is 1. The van der Waals surface area contributed by atoms with Crippen LogP contribution >= 0.6 is 0 Å². The summed E-state index contributed by atoms with van der Waals surface area (Å²) in [5.41, 5.74) is 6.23. The Balaban J connectivity index is 1.82. The van der Waals surface area contributed by atoms with Gasteiger partial charge in [0.25, 0.3) is 0 Å². The van der Waals surface area contributed by atoms with Crippen molar-refractivity contribution in [2.24, 2.45) is 0 Å². The van der Waals surface area contributed by atoms with E-state index in [2.05, 4.69) is 43.3 Å². The van der Waals surface area contributed by atoms with Gasteiger partial charge in [-0.15, -0.1) is 0 Å². The largest absolute Gasteiger partial charge is 0.460 e. The van der Waals surface area contributed by atoms with Crippen LogP contribution in [0.2, 0.25) is 0 Å². The number of hydrogen-bond acceptors (Lipinski definition) is 2. The van der Waals surface area contributed by atoms with E-state index in [1.165, 1.54) is 5.56 Å². The summed E-state index contributed by atoms with van der Waals surface area (Å²) in [6.45, 7) is 4.11. The molecule has 0 fully saturated rings. The number of aldehydes is 1. The third kappa shape index (κ3) is 2.84. The molecule has 1 aliphatic carbocycles. The standard InChI is InChI=1S/C24H20O2/c1-16-11-12-17(2)22(13-16)26-23-14-18-7-3-5-9-20(18)24(23)21-10-6-4-8-19(21)15-25/h3-15,24H,1-2H3. The van der Waals surface area contributed by atoms with E-state index in [4.69, 9.17) is 4.74 Å². The lowest BCUT2D eigenvalue weighted by Gasteiger charge is -2.20. The molecule has 0 saturated heterocycles. The monoisotopic (exact) mass is 340 g/mol. The molecule has 1 aliphatic rings. The number of rotatable bonds is 4. The van der Waals surface area contributed by atoms with Crippen molar-refractivity contribution in [1.82, 2.24) is 0 Å². The van der Waals surface area contributed by atoms with Crippen LogP contribution in [0.25, 0.3) is 6.08 Å². The van der Waals surface area contributed by atoms with Crippen LogP contribution in [0.15, 0.2) is 72.5 Å². The molecule has 128 valence electrons. The molecule has 0 amide bonds. The average Bonchev–Trinajstić information content (AvgIpc) is 3.02. The van der Waals surface area contributed by atoms with Crippen molar-refractivity contribution in [2.75, 3.05) is 0 Å². The first-order chi connectivity index (χ1) is 12.7. The Hall–Kier alpha value is -3.13. The van der Waals surface area contributed by atoms with Crippen molar-refractivity contribution >= 4 is 12.4 Å². The Morgan fingerprint density at radius 1 is 0.885 bits per heavy atom. The Morgan fingerprint density at radius 3 is 2.42 bits per heavy atom. The van der Waals surface area contributed by atoms with E-state index in [-0.39, 0.29) is 5.92 Å². The highest BCUT2D eigenvalue weighted by Gasteiger charge is 2.30. The second kappa shape index (κ2) is 6.64. The average molecular weight is 340 g/mol. The van der Waals surface area contributed by atoms with E-state index < -0.39 is 0 Å². The lowest BCUT2D eigenvalue weighted by atomic mass is 9.89. The molecular formula is C24H20O2. The third-order valence-corrected chi connectivity index (χ3v) is 4.89. The molecule has 0 aromatic heterocycles. The van der Waals surface area contributed by atoms with Gasteiger partial charge >= 0.3 is 0 Å². The van der Waals surface area contributed by atoms with Crippen LogP contribution in [-0.4, -0.2) is 6.29 Å². The molecule has 0 heterocycles. The van der Waals surface area contributed by atoms with Gasteiger partial charge in [0.1, 0.15) is 17.8 Å². The van der Waals surface area contributed by atoms with Crippen molar-refractivity contribution < 1.29 is 9.53 Å². The Kier molecular flexibility index (Phi) is 4.18. The first kappa shape index (κ1) is 16.3. The Morgan fingerprint density at radius 2 is 1.62 bits per heavy atom. The third-order valence-electron chi connectivity index (χ3n) is 4.89. The lowest BCUT2D eigenvalue weighted by Crippen LogP contribution is -2.09. The summed E-state index contributed by atoms with van der Waals surface area (Å²) in [4.78, 5) is 11.6.